The molecule has 4 rings (SSSR count). The summed E-state index contributed by atoms with van der Waals surface area (Å²) in [5.74, 6) is 0.643. The molecule has 0 spiro atoms. The monoisotopic (exact) mass is 340 g/mol. The Morgan fingerprint density at radius 2 is 1.96 bits per heavy atom. The molecule has 1 N–H and O–H groups in total. The number of anilines is 2. The predicted octanol–water partition coefficient (Wildman–Crippen LogP) is 3.97. The number of fused-ring (bicyclic) bond motifs is 1. The molecule has 0 atom stereocenters. The Balaban J connectivity index is 1.73. The van der Waals surface area contributed by atoms with Gasteiger partial charge in [-0.1, -0.05) is 13.0 Å². The third-order valence-electron chi connectivity index (χ3n) is 4.12. The van der Waals surface area contributed by atoms with Crippen molar-refractivity contribution >= 4 is 17.0 Å². The average Bonchev–Trinajstić information content (AvgIpc) is 3.07. The Morgan fingerprint density at radius 1 is 1.12 bits per heavy atom. The van der Waals surface area contributed by atoms with Gasteiger partial charge < -0.3 is 5.32 Å². The van der Waals surface area contributed by atoms with Gasteiger partial charge in [-0.2, -0.15) is 10.4 Å². The van der Waals surface area contributed by atoms with E-state index in [1.165, 1.54) is 0 Å². The Bertz CT molecular complexity index is 1110. The molecule has 0 aliphatic heterocycles. The highest BCUT2D eigenvalue weighted by Crippen LogP contribution is 2.28. The zero-order valence-corrected chi connectivity index (χ0v) is 14.2. The predicted molar refractivity (Wildman–Crippen MR) is 100 cm³/mol. The highest BCUT2D eigenvalue weighted by atomic mass is 15.2. The Hall–Kier alpha value is -3.72. The van der Waals surface area contributed by atoms with Crippen molar-refractivity contribution in [2.45, 2.75) is 13.3 Å². The van der Waals surface area contributed by atoms with Crippen LogP contribution in [0.1, 0.15) is 18.2 Å². The van der Waals surface area contributed by atoms with Crippen molar-refractivity contribution in [2.24, 2.45) is 0 Å². The number of hydrogen-bond donors (Lipinski definition) is 1. The second kappa shape index (κ2) is 6.65. The number of nitrogens with one attached hydrogen (secondary N) is 1. The van der Waals surface area contributed by atoms with Crippen LogP contribution in [0.2, 0.25) is 0 Å². The lowest BCUT2D eigenvalue weighted by atomic mass is 10.1. The minimum atomic E-state index is 0.620. The van der Waals surface area contributed by atoms with E-state index in [4.69, 9.17) is 10.2 Å². The Kier molecular flexibility index (Phi) is 4.04. The lowest BCUT2D eigenvalue weighted by Gasteiger charge is -2.07. The molecule has 0 aliphatic carbocycles. The van der Waals surface area contributed by atoms with Gasteiger partial charge in [0.05, 0.1) is 46.5 Å². The SMILES string of the molecule is CCc1nn2ccccc2c1-c1cncc(Nc2ccc(C#N)cc2)n1. The van der Waals surface area contributed by atoms with Gasteiger partial charge in [0.25, 0.3) is 0 Å². The molecule has 0 aliphatic rings. The summed E-state index contributed by atoms with van der Waals surface area (Å²) in [6, 6.07) is 15.3. The number of nitrogens with zero attached hydrogens (tertiary/aromatic N) is 5. The van der Waals surface area contributed by atoms with Crippen LogP contribution in [-0.4, -0.2) is 19.6 Å². The summed E-state index contributed by atoms with van der Waals surface area (Å²) in [5.41, 5.74) is 5.25. The van der Waals surface area contributed by atoms with Gasteiger partial charge in [-0.15, -0.1) is 0 Å². The van der Waals surface area contributed by atoms with E-state index in [2.05, 4.69) is 28.4 Å². The van der Waals surface area contributed by atoms with Crippen LogP contribution in [0.15, 0.2) is 61.1 Å². The largest absolute Gasteiger partial charge is 0.339 e. The van der Waals surface area contributed by atoms with Gasteiger partial charge in [-0.3, -0.25) is 4.98 Å². The maximum absolute atomic E-state index is 8.90. The molecule has 4 aromatic rings. The van der Waals surface area contributed by atoms with Crippen molar-refractivity contribution in [3.05, 3.63) is 72.3 Å². The molecule has 3 aromatic heterocycles. The summed E-state index contributed by atoms with van der Waals surface area (Å²) in [5, 5.41) is 16.8. The first-order valence-electron chi connectivity index (χ1n) is 8.34. The minimum absolute atomic E-state index is 0.620. The number of nitriles is 1. The summed E-state index contributed by atoms with van der Waals surface area (Å²) in [6.07, 6.45) is 6.18. The molecule has 0 amide bonds. The number of rotatable bonds is 4. The van der Waals surface area contributed by atoms with Crippen molar-refractivity contribution in [3.8, 4) is 17.3 Å². The smallest absolute Gasteiger partial charge is 0.149 e. The topological polar surface area (TPSA) is 78.9 Å². The Morgan fingerprint density at radius 3 is 2.73 bits per heavy atom. The maximum Gasteiger partial charge on any atom is 0.149 e. The lowest BCUT2D eigenvalue weighted by Crippen LogP contribution is -1.97. The number of aryl methyl sites for hydroxylation is 1. The highest BCUT2D eigenvalue weighted by Gasteiger charge is 2.15. The van der Waals surface area contributed by atoms with Crippen LogP contribution in [0.4, 0.5) is 11.5 Å². The van der Waals surface area contributed by atoms with Crippen LogP contribution in [0.25, 0.3) is 16.8 Å². The Labute approximate surface area is 150 Å². The van der Waals surface area contributed by atoms with Gasteiger partial charge in [0.2, 0.25) is 0 Å². The molecule has 0 unspecified atom stereocenters. The van der Waals surface area contributed by atoms with E-state index in [1.54, 1.807) is 24.5 Å². The molecule has 0 fully saturated rings. The maximum atomic E-state index is 8.90. The molecular formula is C20H16N6. The standard InChI is InChI=1S/C20H16N6/c1-2-16-20(18-5-3-4-10-26(18)25-16)17-12-22-13-19(24-17)23-15-8-6-14(11-21)7-9-15/h3-10,12-13H,2H2,1H3,(H,23,24). The first-order chi connectivity index (χ1) is 12.8. The molecule has 0 saturated carbocycles. The molecular weight excluding hydrogens is 324 g/mol. The van der Waals surface area contributed by atoms with Crippen molar-refractivity contribution in [2.75, 3.05) is 5.32 Å². The van der Waals surface area contributed by atoms with E-state index in [1.807, 2.05) is 41.0 Å². The fourth-order valence-electron chi connectivity index (χ4n) is 2.90. The van der Waals surface area contributed by atoms with E-state index in [9.17, 15) is 0 Å². The zero-order valence-electron chi connectivity index (χ0n) is 14.2. The summed E-state index contributed by atoms with van der Waals surface area (Å²) < 4.78 is 1.87. The van der Waals surface area contributed by atoms with Crippen molar-refractivity contribution in [1.82, 2.24) is 19.6 Å². The van der Waals surface area contributed by atoms with Crippen molar-refractivity contribution < 1.29 is 0 Å². The first-order valence-corrected chi connectivity index (χ1v) is 8.34. The second-order valence-electron chi connectivity index (χ2n) is 5.81. The second-order valence-corrected chi connectivity index (χ2v) is 5.81. The quantitative estimate of drug-likeness (QED) is 0.608. The summed E-state index contributed by atoms with van der Waals surface area (Å²) in [4.78, 5) is 9.06. The van der Waals surface area contributed by atoms with E-state index in [0.29, 0.717) is 11.4 Å². The van der Waals surface area contributed by atoms with Crippen LogP contribution in [0, 0.1) is 11.3 Å². The molecule has 26 heavy (non-hydrogen) atoms. The normalized spacial score (nSPS) is 10.6. The first kappa shape index (κ1) is 15.8. The van der Waals surface area contributed by atoms with Gasteiger partial charge in [0.1, 0.15) is 5.82 Å². The molecule has 6 nitrogen and oxygen atoms in total. The number of hydrogen-bond acceptors (Lipinski definition) is 5. The van der Waals surface area contributed by atoms with Gasteiger partial charge in [-0.25, -0.2) is 9.50 Å². The minimum Gasteiger partial charge on any atom is -0.339 e. The molecule has 0 saturated heterocycles. The summed E-state index contributed by atoms with van der Waals surface area (Å²) in [7, 11) is 0. The van der Waals surface area contributed by atoms with E-state index < -0.39 is 0 Å². The molecule has 126 valence electrons. The zero-order chi connectivity index (χ0) is 17.9. The molecule has 6 heteroatoms. The van der Waals surface area contributed by atoms with Crippen LogP contribution in [0.5, 0.6) is 0 Å². The highest BCUT2D eigenvalue weighted by molar-refractivity contribution is 5.80. The fourth-order valence-corrected chi connectivity index (χ4v) is 2.90. The van der Waals surface area contributed by atoms with Crippen molar-refractivity contribution in [1.29, 1.82) is 5.26 Å². The fraction of sp³-hybridized carbons (Fsp3) is 0.100. The molecule has 3 heterocycles. The molecule has 0 radical (unpaired) electrons. The van der Waals surface area contributed by atoms with E-state index in [0.717, 1.165) is 34.6 Å². The van der Waals surface area contributed by atoms with Crippen LogP contribution < -0.4 is 5.32 Å². The number of pyridine rings is 1. The lowest BCUT2D eigenvalue weighted by molar-refractivity contribution is 0.898. The average molecular weight is 340 g/mol. The van der Waals surface area contributed by atoms with Gasteiger partial charge in [0, 0.05) is 11.9 Å². The summed E-state index contributed by atoms with van der Waals surface area (Å²) >= 11 is 0. The van der Waals surface area contributed by atoms with Gasteiger partial charge in [0.15, 0.2) is 0 Å². The van der Waals surface area contributed by atoms with Crippen molar-refractivity contribution in [3.63, 3.8) is 0 Å². The van der Waals surface area contributed by atoms with Crippen LogP contribution in [-0.2, 0) is 6.42 Å². The van der Waals surface area contributed by atoms with Crippen LogP contribution >= 0.6 is 0 Å². The van der Waals surface area contributed by atoms with E-state index in [-0.39, 0.29) is 0 Å². The number of benzene rings is 1. The number of aromatic nitrogens is 4. The van der Waals surface area contributed by atoms with E-state index >= 15 is 0 Å². The third-order valence-corrected chi connectivity index (χ3v) is 4.12. The van der Waals surface area contributed by atoms with Gasteiger partial charge >= 0.3 is 0 Å². The summed E-state index contributed by atoms with van der Waals surface area (Å²) in [6.45, 7) is 2.08. The van der Waals surface area contributed by atoms with Gasteiger partial charge in [-0.05, 0) is 42.8 Å². The molecule has 1 aromatic carbocycles. The third kappa shape index (κ3) is 2.87. The molecule has 0 bridgehead atoms. The van der Waals surface area contributed by atoms with Crippen LogP contribution in [0.3, 0.4) is 0 Å².